The quantitative estimate of drug-likeness (QED) is 0.632. The number of fused-ring (bicyclic) bond motifs is 1. The number of nitrogens with one attached hydrogen (secondary N) is 1. The van der Waals surface area contributed by atoms with Gasteiger partial charge in [0.15, 0.2) is 0 Å². The van der Waals surface area contributed by atoms with Crippen LogP contribution in [-0.2, 0) is 21.2 Å². The van der Waals surface area contributed by atoms with Crippen LogP contribution in [0.3, 0.4) is 0 Å². The Morgan fingerprint density at radius 3 is 2.65 bits per heavy atom. The van der Waals surface area contributed by atoms with E-state index in [0.29, 0.717) is 18.7 Å². The summed E-state index contributed by atoms with van der Waals surface area (Å²) in [5, 5.41) is 10.9. The minimum absolute atomic E-state index is 0.00998. The van der Waals surface area contributed by atoms with Crippen molar-refractivity contribution in [1.29, 1.82) is 0 Å². The van der Waals surface area contributed by atoms with E-state index in [1.165, 1.54) is 31.2 Å². The second-order valence-electron chi connectivity index (χ2n) is 5.74. The summed E-state index contributed by atoms with van der Waals surface area (Å²) in [5.41, 5.74) is 1.07. The Bertz CT molecular complexity index is 1020. The van der Waals surface area contributed by atoms with E-state index in [4.69, 9.17) is 11.6 Å². The Morgan fingerprint density at radius 1 is 1.27 bits per heavy atom. The molecule has 26 heavy (non-hydrogen) atoms. The normalized spacial score (nSPS) is 13.4. The van der Waals surface area contributed by atoms with Crippen molar-refractivity contribution in [3.8, 4) is 0 Å². The number of hydrogen-bond donors (Lipinski definition) is 1. The van der Waals surface area contributed by atoms with Crippen LogP contribution in [0.4, 0.5) is 17.1 Å². The SMILES string of the molecule is CC(=O)N1CCc2cc(S(=O)(=O)Nc3cc([N+](=O)[O-])ccc3Cl)ccc21. The zero-order valence-corrected chi connectivity index (χ0v) is 15.2. The molecule has 0 bridgehead atoms. The summed E-state index contributed by atoms with van der Waals surface area (Å²) >= 11 is 5.95. The summed E-state index contributed by atoms with van der Waals surface area (Å²) in [4.78, 5) is 23.4. The highest BCUT2D eigenvalue weighted by Crippen LogP contribution is 2.32. The van der Waals surface area contributed by atoms with Gasteiger partial charge in [-0.1, -0.05) is 11.6 Å². The molecule has 0 aromatic heterocycles. The number of carbonyl (C=O) groups is 1. The number of nitro groups is 1. The van der Waals surface area contributed by atoms with Gasteiger partial charge in [-0.25, -0.2) is 8.42 Å². The summed E-state index contributed by atoms with van der Waals surface area (Å²) in [6.07, 6.45) is 0.551. The van der Waals surface area contributed by atoms with Gasteiger partial charge in [0.2, 0.25) is 5.91 Å². The Kier molecular flexibility index (Phi) is 4.59. The molecule has 0 saturated heterocycles. The minimum atomic E-state index is -4.00. The van der Waals surface area contributed by atoms with Gasteiger partial charge < -0.3 is 4.90 Å². The number of hydrogen-bond acceptors (Lipinski definition) is 5. The molecule has 8 nitrogen and oxygen atoms in total. The lowest BCUT2D eigenvalue weighted by Crippen LogP contribution is -2.25. The third kappa shape index (κ3) is 3.35. The lowest BCUT2D eigenvalue weighted by Gasteiger charge is -2.15. The van der Waals surface area contributed by atoms with Crippen molar-refractivity contribution in [3.05, 3.63) is 57.1 Å². The van der Waals surface area contributed by atoms with Crippen LogP contribution in [0.15, 0.2) is 41.3 Å². The maximum Gasteiger partial charge on any atom is 0.271 e. The van der Waals surface area contributed by atoms with Crippen LogP contribution in [0.2, 0.25) is 5.02 Å². The van der Waals surface area contributed by atoms with Gasteiger partial charge in [0.25, 0.3) is 15.7 Å². The van der Waals surface area contributed by atoms with Crippen molar-refractivity contribution >= 4 is 44.6 Å². The second-order valence-corrected chi connectivity index (χ2v) is 7.83. The van der Waals surface area contributed by atoms with Crippen LogP contribution in [0.1, 0.15) is 12.5 Å². The Hall–Kier alpha value is -2.65. The number of sulfonamides is 1. The number of non-ortho nitro benzene ring substituents is 1. The molecule has 1 heterocycles. The molecular formula is C16H14ClN3O5S. The zero-order valence-electron chi connectivity index (χ0n) is 13.6. The summed E-state index contributed by atoms with van der Waals surface area (Å²) in [7, 11) is -4.00. The molecule has 0 unspecified atom stereocenters. The van der Waals surface area contributed by atoms with Gasteiger partial charge in [-0.2, -0.15) is 0 Å². The van der Waals surface area contributed by atoms with Gasteiger partial charge in [0.05, 0.1) is 20.5 Å². The van der Waals surface area contributed by atoms with Gasteiger partial charge in [0.1, 0.15) is 0 Å². The summed E-state index contributed by atoms with van der Waals surface area (Å²) in [6.45, 7) is 1.95. The molecule has 0 fully saturated rings. The first-order chi connectivity index (χ1) is 12.2. The van der Waals surface area contributed by atoms with E-state index in [0.717, 1.165) is 11.6 Å². The minimum Gasteiger partial charge on any atom is -0.312 e. The molecule has 136 valence electrons. The first kappa shape index (κ1) is 18.2. The van der Waals surface area contributed by atoms with Crippen LogP contribution in [0.5, 0.6) is 0 Å². The molecule has 0 spiro atoms. The molecule has 0 saturated carbocycles. The van der Waals surface area contributed by atoms with E-state index in [2.05, 4.69) is 4.72 Å². The molecule has 2 aromatic rings. The predicted octanol–water partition coefficient (Wildman–Crippen LogP) is 2.96. The fourth-order valence-electron chi connectivity index (χ4n) is 2.78. The third-order valence-electron chi connectivity index (χ3n) is 4.04. The van der Waals surface area contributed by atoms with E-state index in [9.17, 15) is 23.3 Å². The number of amides is 1. The fourth-order valence-corrected chi connectivity index (χ4v) is 4.12. The average Bonchev–Trinajstić information content (AvgIpc) is 2.99. The maximum atomic E-state index is 12.6. The molecule has 10 heteroatoms. The Balaban J connectivity index is 1.94. The fraction of sp³-hybridized carbons (Fsp3) is 0.188. The molecule has 1 aliphatic rings. The number of carbonyl (C=O) groups excluding carboxylic acids is 1. The molecule has 3 rings (SSSR count). The molecule has 1 amide bonds. The van der Waals surface area contributed by atoms with Crippen LogP contribution < -0.4 is 9.62 Å². The third-order valence-corrected chi connectivity index (χ3v) is 5.73. The molecule has 1 N–H and O–H groups in total. The molecule has 0 radical (unpaired) electrons. The summed E-state index contributed by atoms with van der Waals surface area (Å²) < 4.78 is 27.5. The van der Waals surface area contributed by atoms with Crippen molar-refractivity contribution < 1.29 is 18.1 Å². The maximum absolute atomic E-state index is 12.6. The van der Waals surface area contributed by atoms with Crippen molar-refractivity contribution in [3.63, 3.8) is 0 Å². The average molecular weight is 396 g/mol. The number of halogens is 1. The largest absolute Gasteiger partial charge is 0.312 e. The lowest BCUT2D eigenvalue weighted by molar-refractivity contribution is -0.384. The molecule has 0 aliphatic carbocycles. The van der Waals surface area contributed by atoms with Crippen LogP contribution in [0, 0.1) is 10.1 Å². The first-order valence-corrected chi connectivity index (χ1v) is 9.43. The van der Waals surface area contributed by atoms with Gasteiger partial charge >= 0.3 is 0 Å². The Labute approximate surface area is 154 Å². The number of rotatable bonds is 4. The number of benzene rings is 2. The van der Waals surface area contributed by atoms with Crippen molar-refractivity contribution in [2.24, 2.45) is 0 Å². The smallest absolute Gasteiger partial charge is 0.271 e. The summed E-state index contributed by atoms with van der Waals surface area (Å²) in [5.74, 6) is -0.110. The highest BCUT2D eigenvalue weighted by Gasteiger charge is 2.25. The van der Waals surface area contributed by atoms with Gasteiger partial charge in [-0.3, -0.25) is 19.6 Å². The van der Waals surface area contributed by atoms with Crippen LogP contribution >= 0.6 is 11.6 Å². The van der Waals surface area contributed by atoms with E-state index in [1.807, 2.05) is 0 Å². The molecular weight excluding hydrogens is 382 g/mol. The monoisotopic (exact) mass is 395 g/mol. The standard InChI is InChI=1S/C16H14ClN3O5S/c1-10(21)19-7-6-11-8-13(3-5-16(11)19)26(24,25)18-15-9-12(20(22)23)2-4-14(15)17/h2-5,8-9,18H,6-7H2,1H3. The second kappa shape index (κ2) is 6.58. The molecule has 0 atom stereocenters. The van der Waals surface area contributed by atoms with Gasteiger partial charge in [0, 0.05) is 31.3 Å². The number of nitrogens with zero attached hydrogens (tertiary/aromatic N) is 2. The van der Waals surface area contributed by atoms with Gasteiger partial charge in [-0.15, -0.1) is 0 Å². The van der Waals surface area contributed by atoms with Crippen molar-refractivity contribution in [2.45, 2.75) is 18.2 Å². The van der Waals surface area contributed by atoms with E-state index in [1.54, 1.807) is 11.0 Å². The Morgan fingerprint density at radius 2 is 2.00 bits per heavy atom. The van der Waals surface area contributed by atoms with Crippen molar-refractivity contribution in [1.82, 2.24) is 0 Å². The van der Waals surface area contributed by atoms with Gasteiger partial charge in [-0.05, 0) is 36.2 Å². The topological polar surface area (TPSA) is 110 Å². The highest BCUT2D eigenvalue weighted by atomic mass is 35.5. The van der Waals surface area contributed by atoms with Crippen LogP contribution in [0.25, 0.3) is 0 Å². The number of anilines is 2. The molecule has 2 aromatic carbocycles. The number of nitro benzene ring substituents is 1. The predicted molar refractivity (Wildman–Crippen MR) is 97.1 cm³/mol. The van der Waals surface area contributed by atoms with E-state index < -0.39 is 14.9 Å². The summed E-state index contributed by atoms with van der Waals surface area (Å²) in [6, 6.07) is 7.95. The molecule has 1 aliphatic heterocycles. The van der Waals surface area contributed by atoms with E-state index in [-0.39, 0.29) is 27.2 Å². The highest BCUT2D eigenvalue weighted by molar-refractivity contribution is 7.92. The zero-order chi connectivity index (χ0) is 19.1. The first-order valence-electron chi connectivity index (χ1n) is 7.57. The lowest BCUT2D eigenvalue weighted by atomic mass is 10.2. The van der Waals surface area contributed by atoms with Crippen molar-refractivity contribution in [2.75, 3.05) is 16.2 Å². The van der Waals surface area contributed by atoms with E-state index >= 15 is 0 Å². The van der Waals surface area contributed by atoms with Crippen LogP contribution in [-0.4, -0.2) is 25.8 Å².